The van der Waals surface area contributed by atoms with Crippen molar-refractivity contribution >= 4 is 39.8 Å². The molecular formula is C17H14N2O3S. The normalized spacial score (nSPS) is 11.9. The second-order valence-corrected chi connectivity index (χ2v) is 5.84. The van der Waals surface area contributed by atoms with Crippen molar-refractivity contribution in [2.45, 2.75) is 13.0 Å². The number of fused-ring (bicyclic) bond motifs is 1. The number of ether oxygens (including phenoxy) is 1. The van der Waals surface area contributed by atoms with Gasteiger partial charge in [-0.3, -0.25) is 9.78 Å². The first-order valence-electron chi connectivity index (χ1n) is 7.04. The highest BCUT2D eigenvalue weighted by atomic mass is 32.1. The second-order valence-electron chi connectivity index (χ2n) is 4.89. The number of nitrogens with zero attached hydrogens (tertiary/aromatic N) is 1. The summed E-state index contributed by atoms with van der Waals surface area (Å²) in [6.07, 6.45) is 0.802. The zero-order valence-electron chi connectivity index (χ0n) is 12.4. The molecule has 0 fully saturated rings. The molecule has 6 heteroatoms. The van der Waals surface area contributed by atoms with Gasteiger partial charge in [-0.15, -0.1) is 11.3 Å². The van der Waals surface area contributed by atoms with Crippen LogP contribution in [0.5, 0.6) is 0 Å². The van der Waals surface area contributed by atoms with E-state index < -0.39 is 12.1 Å². The van der Waals surface area contributed by atoms with Crippen LogP contribution in [0.1, 0.15) is 16.6 Å². The van der Waals surface area contributed by atoms with Crippen LogP contribution in [0.25, 0.3) is 10.9 Å². The van der Waals surface area contributed by atoms with E-state index in [1.807, 2.05) is 18.2 Å². The average molecular weight is 326 g/mol. The molecule has 0 saturated carbocycles. The number of aromatic nitrogens is 1. The lowest BCUT2D eigenvalue weighted by molar-refractivity contribution is -0.123. The number of carbonyl (C=O) groups excluding carboxylic acids is 2. The van der Waals surface area contributed by atoms with Gasteiger partial charge in [-0.2, -0.15) is 0 Å². The number of hydrogen-bond donors (Lipinski definition) is 1. The fourth-order valence-corrected chi connectivity index (χ4v) is 2.72. The highest BCUT2D eigenvalue weighted by Crippen LogP contribution is 2.21. The van der Waals surface area contributed by atoms with E-state index in [4.69, 9.17) is 4.74 Å². The third-order valence-electron chi connectivity index (χ3n) is 3.28. The van der Waals surface area contributed by atoms with E-state index in [0.717, 1.165) is 10.9 Å². The number of anilines is 1. The first kappa shape index (κ1) is 15.2. The predicted molar refractivity (Wildman–Crippen MR) is 89.6 cm³/mol. The molecule has 23 heavy (non-hydrogen) atoms. The van der Waals surface area contributed by atoms with Crippen LogP contribution in [0.4, 0.5) is 5.69 Å². The van der Waals surface area contributed by atoms with Gasteiger partial charge in [0.1, 0.15) is 4.88 Å². The van der Waals surface area contributed by atoms with Crippen LogP contribution >= 0.6 is 11.3 Å². The van der Waals surface area contributed by atoms with Crippen molar-refractivity contribution in [2.75, 3.05) is 5.32 Å². The van der Waals surface area contributed by atoms with Crippen LogP contribution in [0.15, 0.2) is 54.0 Å². The Bertz CT molecular complexity index is 841. The molecule has 0 saturated heterocycles. The lowest BCUT2D eigenvalue weighted by Crippen LogP contribution is -2.29. The first-order chi connectivity index (χ1) is 11.1. The maximum Gasteiger partial charge on any atom is 0.349 e. The molecule has 1 atom stereocenters. The molecule has 0 spiro atoms. The highest BCUT2D eigenvalue weighted by Gasteiger charge is 2.20. The van der Waals surface area contributed by atoms with Gasteiger partial charge in [0.25, 0.3) is 5.91 Å². The van der Waals surface area contributed by atoms with E-state index in [1.54, 1.807) is 42.8 Å². The molecule has 1 aromatic carbocycles. The van der Waals surface area contributed by atoms with Crippen molar-refractivity contribution in [1.82, 2.24) is 4.98 Å². The largest absolute Gasteiger partial charge is 0.448 e. The molecule has 0 aliphatic heterocycles. The minimum Gasteiger partial charge on any atom is -0.448 e. The summed E-state index contributed by atoms with van der Waals surface area (Å²) in [6, 6.07) is 12.6. The fourth-order valence-electron chi connectivity index (χ4n) is 2.11. The Morgan fingerprint density at radius 3 is 2.83 bits per heavy atom. The number of amides is 1. The van der Waals surface area contributed by atoms with E-state index in [-0.39, 0.29) is 5.91 Å². The number of nitrogens with one attached hydrogen (secondary N) is 1. The van der Waals surface area contributed by atoms with Gasteiger partial charge in [-0.1, -0.05) is 12.1 Å². The van der Waals surface area contributed by atoms with Crippen molar-refractivity contribution in [3.63, 3.8) is 0 Å². The zero-order chi connectivity index (χ0) is 16.2. The van der Waals surface area contributed by atoms with E-state index in [2.05, 4.69) is 10.3 Å². The van der Waals surface area contributed by atoms with E-state index in [9.17, 15) is 9.59 Å². The third kappa shape index (κ3) is 3.37. The SMILES string of the molecule is C[C@H](OC(=O)c1cccs1)C(=O)Nc1cccc2ncccc12. The Morgan fingerprint density at radius 1 is 1.17 bits per heavy atom. The van der Waals surface area contributed by atoms with Crippen molar-refractivity contribution in [3.05, 3.63) is 58.9 Å². The number of carbonyl (C=O) groups is 2. The minimum absolute atomic E-state index is 0.383. The summed E-state index contributed by atoms with van der Waals surface area (Å²) in [4.78, 5) is 28.9. The topological polar surface area (TPSA) is 68.3 Å². The van der Waals surface area contributed by atoms with Gasteiger partial charge in [0.2, 0.25) is 0 Å². The van der Waals surface area contributed by atoms with Gasteiger partial charge >= 0.3 is 5.97 Å². The predicted octanol–water partition coefficient (Wildman–Crippen LogP) is 3.48. The van der Waals surface area contributed by atoms with Crippen LogP contribution in [0.2, 0.25) is 0 Å². The quantitative estimate of drug-likeness (QED) is 0.745. The third-order valence-corrected chi connectivity index (χ3v) is 4.13. The number of thiophene rings is 1. The van der Waals surface area contributed by atoms with Crippen molar-refractivity contribution in [1.29, 1.82) is 0 Å². The second kappa shape index (κ2) is 6.58. The number of rotatable bonds is 4. The van der Waals surface area contributed by atoms with Crippen LogP contribution < -0.4 is 5.32 Å². The number of hydrogen-bond acceptors (Lipinski definition) is 5. The van der Waals surface area contributed by atoms with Gasteiger partial charge in [0, 0.05) is 11.6 Å². The molecule has 0 aliphatic rings. The lowest BCUT2D eigenvalue weighted by atomic mass is 10.2. The van der Waals surface area contributed by atoms with E-state index >= 15 is 0 Å². The maximum atomic E-state index is 12.3. The Morgan fingerprint density at radius 2 is 2.04 bits per heavy atom. The number of esters is 1. The monoisotopic (exact) mass is 326 g/mol. The molecule has 5 nitrogen and oxygen atoms in total. The molecule has 1 amide bonds. The summed E-state index contributed by atoms with van der Waals surface area (Å²) in [5.41, 5.74) is 1.42. The van der Waals surface area contributed by atoms with Crippen molar-refractivity contribution < 1.29 is 14.3 Å². The summed E-state index contributed by atoms with van der Waals surface area (Å²) in [5, 5.41) is 5.40. The Hall–Kier alpha value is -2.73. The van der Waals surface area contributed by atoms with Crippen LogP contribution in [0, 0.1) is 0 Å². The minimum atomic E-state index is -0.892. The van der Waals surface area contributed by atoms with E-state index in [1.165, 1.54) is 11.3 Å². The van der Waals surface area contributed by atoms with Gasteiger partial charge in [-0.05, 0) is 42.6 Å². The van der Waals surface area contributed by atoms with Gasteiger partial charge < -0.3 is 10.1 Å². The zero-order valence-corrected chi connectivity index (χ0v) is 13.2. The Balaban J connectivity index is 1.72. The molecule has 0 bridgehead atoms. The lowest BCUT2D eigenvalue weighted by Gasteiger charge is -2.14. The summed E-state index contributed by atoms with van der Waals surface area (Å²) < 4.78 is 5.18. The van der Waals surface area contributed by atoms with Gasteiger partial charge in [-0.25, -0.2) is 4.79 Å². The fraction of sp³-hybridized carbons (Fsp3) is 0.118. The van der Waals surface area contributed by atoms with Crippen molar-refractivity contribution in [2.24, 2.45) is 0 Å². The Kier molecular flexibility index (Phi) is 4.34. The van der Waals surface area contributed by atoms with Gasteiger partial charge in [0.05, 0.1) is 11.2 Å². The van der Waals surface area contributed by atoms with E-state index in [0.29, 0.717) is 10.6 Å². The molecule has 2 aromatic heterocycles. The summed E-state index contributed by atoms with van der Waals surface area (Å²) in [6.45, 7) is 1.55. The molecule has 3 rings (SSSR count). The van der Waals surface area contributed by atoms with Crippen LogP contribution in [-0.4, -0.2) is 23.0 Å². The molecule has 0 radical (unpaired) electrons. The number of benzene rings is 1. The molecule has 0 aliphatic carbocycles. The summed E-state index contributed by atoms with van der Waals surface area (Å²) >= 11 is 1.28. The highest BCUT2D eigenvalue weighted by molar-refractivity contribution is 7.11. The molecule has 1 N–H and O–H groups in total. The summed E-state index contributed by atoms with van der Waals surface area (Å²) in [7, 11) is 0. The smallest absolute Gasteiger partial charge is 0.349 e. The van der Waals surface area contributed by atoms with Crippen LogP contribution in [-0.2, 0) is 9.53 Å². The molecular weight excluding hydrogens is 312 g/mol. The van der Waals surface area contributed by atoms with Crippen molar-refractivity contribution in [3.8, 4) is 0 Å². The first-order valence-corrected chi connectivity index (χ1v) is 7.92. The molecule has 2 heterocycles. The van der Waals surface area contributed by atoms with Crippen LogP contribution in [0.3, 0.4) is 0 Å². The number of pyridine rings is 1. The average Bonchev–Trinajstić information content (AvgIpc) is 3.09. The summed E-state index contributed by atoms with van der Waals surface area (Å²) in [5.74, 6) is -0.881. The molecule has 116 valence electrons. The molecule has 3 aromatic rings. The maximum absolute atomic E-state index is 12.3. The van der Waals surface area contributed by atoms with Gasteiger partial charge in [0.15, 0.2) is 6.10 Å². The molecule has 0 unspecified atom stereocenters. The Labute approximate surface area is 136 Å². The standard InChI is InChI=1S/C17H14N2O3S/c1-11(22-17(21)15-8-4-10-23-15)16(20)19-14-7-2-6-13-12(14)5-3-9-18-13/h2-11H,1H3,(H,19,20)/t11-/m0/s1.